The van der Waals surface area contributed by atoms with Crippen LogP contribution in [0, 0.1) is 10.1 Å². The third kappa shape index (κ3) is 5.67. The third-order valence-electron chi connectivity index (χ3n) is 4.44. The van der Waals surface area contributed by atoms with Crippen LogP contribution in [0.25, 0.3) is 6.08 Å². The Hall–Kier alpha value is -2.64. The molecule has 1 aromatic carbocycles. The third-order valence-corrected chi connectivity index (χ3v) is 4.70. The van der Waals surface area contributed by atoms with Crippen molar-refractivity contribution in [2.75, 3.05) is 13.1 Å². The van der Waals surface area contributed by atoms with Crippen molar-refractivity contribution in [3.8, 4) is 0 Å². The zero-order valence-corrected chi connectivity index (χ0v) is 15.4. The second-order valence-electron chi connectivity index (χ2n) is 6.45. The first kappa shape index (κ1) is 19.1. The van der Waals surface area contributed by atoms with Crippen LogP contribution >= 0.6 is 11.6 Å². The highest BCUT2D eigenvalue weighted by Gasteiger charge is 2.20. The molecule has 8 heteroatoms. The topological polar surface area (TPSA) is 88.6 Å². The van der Waals surface area contributed by atoms with E-state index in [1.54, 1.807) is 0 Å². The maximum absolute atomic E-state index is 12.0. The Morgan fingerprint density at radius 3 is 2.59 bits per heavy atom. The van der Waals surface area contributed by atoms with Crippen LogP contribution in [0.4, 0.5) is 5.88 Å². The molecule has 0 bridgehead atoms. The molecule has 0 unspecified atom stereocenters. The minimum Gasteiger partial charge on any atom is -0.401 e. The normalized spacial score (nSPS) is 15.9. The Morgan fingerprint density at radius 2 is 1.96 bits per heavy atom. The number of likely N-dealkylation sites (tertiary alicyclic amines) is 1. The molecule has 1 aromatic heterocycles. The van der Waals surface area contributed by atoms with Crippen molar-refractivity contribution < 1.29 is 14.1 Å². The highest BCUT2D eigenvalue weighted by Crippen LogP contribution is 2.17. The van der Waals surface area contributed by atoms with Crippen molar-refractivity contribution in [2.45, 2.75) is 25.4 Å². The lowest BCUT2D eigenvalue weighted by Crippen LogP contribution is -2.43. The summed E-state index contributed by atoms with van der Waals surface area (Å²) >= 11 is 5.91. The van der Waals surface area contributed by atoms with Gasteiger partial charge in [-0.15, -0.1) is 0 Å². The standard InChI is InChI=1S/C19H20ClN3O4/c20-15-3-1-14(2-4-15)13-22-11-9-16(10-12-22)21-18(24)7-5-17-6-8-19(27-17)23(25)26/h1-8,16H,9-13H2,(H,21,24)/b7-5+. The van der Waals surface area contributed by atoms with E-state index >= 15 is 0 Å². The molecule has 3 rings (SSSR count). The van der Waals surface area contributed by atoms with Crippen LogP contribution < -0.4 is 5.32 Å². The summed E-state index contributed by atoms with van der Waals surface area (Å²) in [4.78, 5) is 24.3. The van der Waals surface area contributed by atoms with E-state index < -0.39 is 4.92 Å². The van der Waals surface area contributed by atoms with Crippen molar-refractivity contribution in [3.05, 3.63) is 68.9 Å². The number of nitrogens with zero attached hydrogens (tertiary/aromatic N) is 2. The maximum Gasteiger partial charge on any atom is 0.433 e. The molecule has 1 amide bonds. The van der Waals surface area contributed by atoms with Crippen LogP contribution in [0.2, 0.25) is 5.02 Å². The van der Waals surface area contributed by atoms with Gasteiger partial charge < -0.3 is 9.73 Å². The summed E-state index contributed by atoms with van der Waals surface area (Å²) in [5, 5.41) is 14.3. The summed E-state index contributed by atoms with van der Waals surface area (Å²) in [6, 6.07) is 10.7. The van der Waals surface area contributed by atoms with E-state index in [-0.39, 0.29) is 23.6 Å². The van der Waals surface area contributed by atoms with Crippen molar-refractivity contribution in [3.63, 3.8) is 0 Å². The first-order chi connectivity index (χ1) is 13.0. The fourth-order valence-electron chi connectivity index (χ4n) is 3.02. The number of halogens is 1. The van der Waals surface area contributed by atoms with E-state index in [0.717, 1.165) is 37.5 Å². The predicted octanol–water partition coefficient (Wildman–Crippen LogP) is 3.64. The molecule has 7 nitrogen and oxygen atoms in total. The van der Waals surface area contributed by atoms with Crippen LogP contribution in [-0.2, 0) is 11.3 Å². The molecule has 1 aliphatic rings. The molecule has 0 aliphatic carbocycles. The number of nitro groups is 1. The van der Waals surface area contributed by atoms with E-state index in [4.69, 9.17) is 16.0 Å². The number of amides is 1. The quantitative estimate of drug-likeness (QED) is 0.463. The summed E-state index contributed by atoms with van der Waals surface area (Å²) in [5.41, 5.74) is 1.22. The highest BCUT2D eigenvalue weighted by molar-refractivity contribution is 6.30. The SMILES string of the molecule is O=C(/C=C/c1ccc([N+](=O)[O-])o1)NC1CCN(Cc2ccc(Cl)cc2)CC1. The summed E-state index contributed by atoms with van der Waals surface area (Å²) in [6.07, 6.45) is 4.51. The molecule has 1 aliphatic heterocycles. The lowest BCUT2D eigenvalue weighted by atomic mass is 10.0. The van der Waals surface area contributed by atoms with Crippen LogP contribution in [-0.4, -0.2) is 34.9 Å². The first-order valence-electron chi connectivity index (χ1n) is 8.69. The van der Waals surface area contributed by atoms with E-state index in [2.05, 4.69) is 10.2 Å². The Labute approximate surface area is 161 Å². The molecule has 0 spiro atoms. The van der Waals surface area contributed by atoms with Gasteiger partial charge in [0, 0.05) is 36.8 Å². The number of hydrogen-bond acceptors (Lipinski definition) is 5. The fraction of sp³-hybridized carbons (Fsp3) is 0.316. The molecule has 142 valence electrons. The van der Waals surface area contributed by atoms with E-state index in [9.17, 15) is 14.9 Å². The van der Waals surface area contributed by atoms with Crippen molar-refractivity contribution >= 4 is 29.5 Å². The van der Waals surface area contributed by atoms with E-state index in [0.29, 0.717) is 0 Å². The summed E-state index contributed by atoms with van der Waals surface area (Å²) in [6.45, 7) is 2.68. The Morgan fingerprint density at radius 1 is 1.26 bits per heavy atom. The van der Waals surface area contributed by atoms with Crippen LogP contribution in [0.3, 0.4) is 0 Å². The first-order valence-corrected chi connectivity index (χ1v) is 9.07. The second kappa shape index (κ2) is 8.83. The number of nitrogens with one attached hydrogen (secondary N) is 1. The average molecular weight is 390 g/mol. The number of benzene rings is 1. The number of hydrogen-bond donors (Lipinski definition) is 1. The summed E-state index contributed by atoms with van der Waals surface area (Å²) in [5.74, 6) is -0.303. The Balaban J connectivity index is 1.42. The van der Waals surface area contributed by atoms with Gasteiger partial charge in [-0.3, -0.25) is 19.8 Å². The van der Waals surface area contributed by atoms with Gasteiger partial charge in [-0.05, 0) is 42.7 Å². The predicted molar refractivity (Wildman–Crippen MR) is 102 cm³/mol. The Bertz CT molecular complexity index is 824. The summed E-state index contributed by atoms with van der Waals surface area (Å²) in [7, 11) is 0. The molecule has 2 aromatic rings. The molecule has 1 N–H and O–H groups in total. The largest absolute Gasteiger partial charge is 0.433 e. The number of piperidine rings is 1. The lowest BCUT2D eigenvalue weighted by Gasteiger charge is -2.32. The Kier molecular flexibility index (Phi) is 6.26. The molecule has 0 radical (unpaired) electrons. The zero-order chi connectivity index (χ0) is 19.2. The molecular formula is C19H20ClN3O4. The number of carbonyl (C=O) groups is 1. The highest BCUT2D eigenvalue weighted by atomic mass is 35.5. The van der Waals surface area contributed by atoms with Gasteiger partial charge in [0.1, 0.15) is 10.7 Å². The molecular weight excluding hydrogens is 370 g/mol. The van der Waals surface area contributed by atoms with Gasteiger partial charge in [-0.25, -0.2) is 0 Å². The van der Waals surface area contributed by atoms with Crippen molar-refractivity contribution in [1.29, 1.82) is 0 Å². The average Bonchev–Trinajstić information content (AvgIpc) is 3.13. The fourth-order valence-corrected chi connectivity index (χ4v) is 3.15. The molecule has 0 saturated carbocycles. The second-order valence-corrected chi connectivity index (χ2v) is 6.89. The van der Waals surface area contributed by atoms with E-state index in [1.165, 1.54) is 29.8 Å². The van der Waals surface area contributed by atoms with Crippen LogP contribution in [0.1, 0.15) is 24.2 Å². The molecule has 0 atom stereocenters. The number of carbonyl (C=O) groups excluding carboxylic acids is 1. The minimum absolute atomic E-state index is 0.120. The number of rotatable bonds is 6. The van der Waals surface area contributed by atoms with Gasteiger partial charge in [0.05, 0.1) is 6.07 Å². The van der Waals surface area contributed by atoms with Gasteiger partial charge in [0.2, 0.25) is 5.91 Å². The molecule has 27 heavy (non-hydrogen) atoms. The van der Waals surface area contributed by atoms with Gasteiger partial charge in [0.25, 0.3) is 0 Å². The van der Waals surface area contributed by atoms with Gasteiger partial charge in [-0.1, -0.05) is 23.7 Å². The van der Waals surface area contributed by atoms with Crippen molar-refractivity contribution in [2.24, 2.45) is 0 Å². The van der Waals surface area contributed by atoms with Gasteiger partial charge in [-0.2, -0.15) is 0 Å². The van der Waals surface area contributed by atoms with Crippen molar-refractivity contribution in [1.82, 2.24) is 10.2 Å². The maximum atomic E-state index is 12.0. The monoisotopic (exact) mass is 389 g/mol. The van der Waals surface area contributed by atoms with Gasteiger partial charge in [0.15, 0.2) is 0 Å². The lowest BCUT2D eigenvalue weighted by molar-refractivity contribution is -0.402. The van der Waals surface area contributed by atoms with Crippen LogP contribution in [0.5, 0.6) is 0 Å². The van der Waals surface area contributed by atoms with E-state index in [1.807, 2.05) is 24.3 Å². The molecule has 1 fully saturated rings. The minimum atomic E-state index is -0.616. The smallest absolute Gasteiger partial charge is 0.401 e. The summed E-state index contributed by atoms with van der Waals surface area (Å²) < 4.78 is 4.98. The van der Waals surface area contributed by atoms with Crippen LogP contribution in [0.15, 0.2) is 46.9 Å². The zero-order valence-electron chi connectivity index (χ0n) is 14.6. The molecule has 1 saturated heterocycles. The van der Waals surface area contributed by atoms with Gasteiger partial charge >= 0.3 is 5.88 Å². The number of furan rings is 1. The molecule has 2 heterocycles.